The molecule has 0 saturated heterocycles. The van der Waals surface area contributed by atoms with Gasteiger partial charge in [0.15, 0.2) is 0 Å². The van der Waals surface area contributed by atoms with Crippen molar-refractivity contribution in [3.8, 4) is 0 Å². The van der Waals surface area contributed by atoms with Gasteiger partial charge in [0.1, 0.15) is 0 Å². The van der Waals surface area contributed by atoms with Gasteiger partial charge in [0, 0.05) is 20.6 Å². The molecule has 0 fully saturated rings. The third-order valence-electron chi connectivity index (χ3n) is 2.31. The van der Waals surface area contributed by atoms with Crippen molar-refractivity contribution in [2.75, 3.05) is 20.6 Å². The second kappa shape index (κ2) is 6.17. The molecule has 0 aliphatic heterocycles. The van der Waals surface area contributed by atoms with E-state index in [1.165, 1.54) is 11.8 Å². The molecule has 0 saturated carbocycles. The van der Waals surface area contributed by atoms with Gasteiger partial charge in [-0.25, -0.2) is 13.1 Å². The molecular weight excluding hydrogens is 230 g/mol. The highest BCUT2D eigenvalue weighted by atomic mass is 32.2. The number of carbonyl (C=O) groups excluding carboxylic acids is 1. The average Bonchev–Trinajstić information content (AvgIpc) is 2.16. The summed E-state index contributed by atoms with van der Waals surface area (Å²) in [6.45, 7) is 3.31. The fraction of sp³-hybridized carbons (Fsp3) is 0.889. The van der Waals surface area contributed by atoms with Gasteiger partial charge in [-0.05, 0) is 13.3 Å². The van der Waals surface area contributed by atoms with Crippen LogP contribution in [-0.2, 0) is 14.8 Å². The van der Waals surface area contributed by atoms with Crippen molar-refractivity contribution >= 4 is 15.9 Å². The van der Waals surface area contributed by atoms with E-state index in [4.69, 9.17) is 5.73 Å². The van der Waals surface area contributed by atoms with Crippen LogP contribution in [0.3, 0.4) is 0 Å². The van der Waals surface area contributed by atoms with Crippen LogP contribution in [0.1, 0.15) is 20.3 Å². The molecule has 0 radical (unpaired) electrons. The Hall–Kier alpha value is -0.660. The van der Waals surface area contributed by atoms with Crippen molar-refractivity contribution < 1.29 is 13.2 Å². The van der Waals surface area contributed by atoms with E-state index >= 15 is 0 Å². The first-order valence-electron chi connectivity index (χ1n) is 5.18. The molecule has 7 heteroatoms. The summed E-state index contributed by atoms with van der Waals surface area (Å²) in [5, 5.41) is -0.648. The van der Waals surface area contributed by atoms with Gasteiger partial charge < -0.3 is 10.6 Å². The Morgan fingerprint density at radius 1 is 1.44 bits per heavy atom. The largest absolute Gasteiger partial charge is 0.347 e. The van der Waals surface area contributed by atoms with Gasteiger partial charge in [0.25, 0.3) is 0 Å². The van der Waals surface area contributed by atoms with Crippen molar-refractivity contribution in [3.63, 3.8) is 0 Å². The number of nitrogens with one attached hydrogen (secondary N) is 1. The van der Waals surface area contributed by atoms with Gasteiger partial charge >= 0.3 is 0 Å². The highest BCUT2D eigenvalue weighted by molar-refractivity contribution is 7.90. The lowest BCUT2D eigenvalue weighted by atomic mass is 10.3. The number of sulfonamides is 1. The molecule has 0 aliphatic carbocycles. The second-order valence-electron chi connectivity index (χ2n) is 3.88. The molecule has 0 heterocycles. The first-order valence-corrected chi connectivity index (χ1v) is 6.73. The molecule has 0 aromatic carbocycles. The minimum atomic E-state index is -3.52. The number of nitrogens with two attached hydrogens (primary N) is 1. The zero-order chi connectivity index (χ0) is 12.9. The van der Waals surface area contributed by atoms with E-state index in [2.05, 4.69) is 4.72 Å². The van der Waals surface area contributed by atoms with E-state index in [0.29, 0.717) is 6.42 Å². The Bertz CT molecular complexity index is 323. The minimum absolute atomic E-state index is 0.0503. The third-order valence-corrected chi connectivity index (χ3v) is 4.39. The maximum atomic E-state index is 11.8. The van der Waals surface area contributed by atoms with Crippen LogP contribution in [0.15, 0.2) is 0 Å². The molecule has 6 nitrogen and oxygen atoms in total. The Morgan fingerprint density at radius 2 is 1.94 bits per heavy atom. The van der Waals surface area contributed by atoms with Crippen molar-refractivity contribution in [1.29, 1.82) is 0 Å². The van der Waals surface area contributed by atoms with E-state index in [1.54, 1.807) is 21.0 Å². The zero-order valence-corrected chi connectivity index (χ0v) is 11.0. The first kappa shape index (κ1) is 15.3. The molecule has 2 atom stereocenters. The Morgan fingerprint density at radius 3 is 2.25 bits per heavy atom. The lowest BCUT2D eigenvalue weighted by molar-refractivity contribution is -0.130. The van der Waals surface area contributed by atoms with Crippen LogP contribution in [0.25, 0.3) is 0 Å². The van der Waals surface area contributed by atoms with Gasteiger partial charge in [-0.2, -0.15) is 0 Å². The first-order chi connectivity index (χ1) is 7.26. The predicted octanol–water partition coefficient (Wildman–Crippen LogP) is -0.880. The summed E-state index contributed by atoms with van der Waals surface area (Å²) in [4.78, 5) is 12.8. The van der Waals surface area contributed by atoms with Gasteiger partial charge in [0.05, 0.1) is 11.3 Å². The topological polar surface area (TPSA) is 92.5 Å². The lowest BCUT2D eigenvalue weighted by Crippen LogP contribution is -2.48. The lowest BCUT2D eigenvalue weighted by Gasteiger charge is -2.21. The van der Waals surface area contributed by atoms with E-state index in [-0.39, 0.29) is 12.5 Å². The number of nitrogens with zero attached hydrogens (tertiary/aromatic N) is 1. The monoisotopic (exact) mass is 251 g/mol. The second-order valence-corrected chi connectivity index (χ2v) is 5.88. The number of likely N-dealkylation sites (N-methyl/N-ethyl adjacent to an activating group) is 1. The number of amides is 1. The van der Waals surface area contributed by atoms with Crippen LogP contribution in [0.4, 0.5) is 0 Å². The Balaban J connectivity index is 4.66. The van der Waals surface area contributed by atoms with Crippen LogP contribution < -0.4 is 10.5 Å². The fourth-order valence-electron chi connectivity index (χ4n) is 1.29. The Labute approximate surface area is 97.2 Å². The van der Waals surface area contributed by atoms with Crippen LogP contribution in [0.5, 0.6) is 0 Å². The van der Waals surface area contributed by atoms with Gasteiger partial charge in [-0.15, -0.1) is 0 Å². The molecule has 3 N–H and O–H groups in total. The van der Waals surface area contributed by atoms with Crippen LogP contribution >= 0.6 is 0 Å². The van der Waals surface area contributed by atoms with E-state index < -0.39 is 21.3 Å². The van der Waals surface area contributed by atoms with E-state index in [0.717, 1.165) is 0 Å². The smallest absolute Gasteiger partial charge is 0.239 e. The van der Waals surface area contributed by atoms with Crippen LogP contribution in [-0.4, -0.2) is 51.2 Å². The molecule has 2 unspecified atom stereocenters. The summed E-state index contributed by atoms with van der Waals surface area (Å²) >= 11 is 0. The third kappa shape index (κ3) is 4.07. The number of carbonyl (C=O) groups is 1. The van der Waals surface area contributed by atoms with Crippen LogP contribution in [0.2, 0.25) is 0 Å². The molecule has 0 rings (SSSR count). The molecule has 0 spiro atoms. The molecule has 0 aromatic rings. The summed E-state index contributed by atoms with van der Waals surface area (Å²) in [6, 6.07) is -0.763. The van der Waals surface area contributed by atoms with Crippen molar-refractivity contribution in [2.45, 2.75) is 31.6 Å². The van der Waals surface area contributed by atoms with Gasteiger partial charge in [-0.1, -0.05) is 6.92 Å². The minimum Gasteiger partial charge on any atom is -0.347 e. The van der Waals surface area contributed by atoms with Crippen molar-refractivity contribution in [1.82, 2.24) is 9.62 Å². The van der Waals surface area contributed by atoms with E-state index in [1.807, 2.05) is 0 Å². The molecule has 96 valence electrons. The molecule has 16 heavy (non-hydrogen) atoms. The summed E-state index contributed by atoms with van der Waals surface area (Å²) < 4.78 is 25.9. The molecule has 0 aromatic heterocycles. The maximum absolute atomic E-state index is 11.8. The number of hydrogen-bond acceptors (Lipinski definition) is 4. The zero-order valence-electron chi connectivity index (χ0n) is 10.2. The molecule has 0 bridgehead atoms. The summed E-state index contributed by atoms with van der Waals surface area (Å²) in [6.07, 6.45) is 0.425. The Kier molecular flexibility index (Phi) is 5.91. The molecular formula is C9H21N3O3S. The number of rotatable bonds is 6. The molecule has 1 amide bonds. The van der Waals surface area contributed by atoms with Crippen molar-refractivity contribution in [3.05, 3.63) is 0 Å². The highest BCUT2D eigenvalue weighted by Crippen LogP contribution is 2.04. The van der Waals surface area contributed by atoms with Crippen LogP contribution in [0, 0.1) is 0 Å². The fourth-order valence-corrected chi connectivity index (χ4v) is 2.77. The van der Waals surface area contributed by atoms with Gasteiger partial charge in [-0.3, -0.25) is 4.79 Å². The average molecular weight is 251 g/mol. The van der Waals surface area contributed by atoms with Gasteiger partial charge in [0.2, 0.25) is 15.9 Å². The summed E-state index contributed by atoms with van der Waals surface area (Å²) in [7, 11) is -0.369. The number of hydrogen-bond donors (Lipinski definition) is 2. The normalized spacial score (nSPS) is 15.6. The SMILES string of the molecule is CCC(CN)S(=O)(=O)NC(C)C(=O)N(C)C. The maximum Gasteiger partial charge on any atom is 0.239 e. The standard InChI is InChI=1S/C9H21N3O3S/c1-5-8(6-10)16(14,15)11-7(2)9(13)12(3)4/h7-8,11H,5-6,10H2,1-4H3. The van der Waals surface area contributed by atoms with E-state index in [9.17, 15) is 13.2 Å². The summed E-state index contributed by atoms with van der Waals surface area (Å²) in [5.41, 5.74) is 5.37. The quantitative estimate of drug-likeness (QED) is 0.641. The molecule has 0 aliphatic rings. The predicted molar refractivity (Wildman–Crippen MR) is 63.3 cm³/mol. The summed E-state index contributed by atoms with van der Waals surface area (Å²) in [5.74, 6) is -0.282. The van der Waals surface area contributed by atoms with Crippen molar-refractivity contribution in [2.24, 2.45) is 5.73 Å². The highest BCUT2D eigenvalue weighted by Gasteiger charge is 2.27.